The van der Waals surface area contributed by atoms with Gasteiger partial charge in [0.2, 0.25) is 5.91 Å². The Kier molecular flexibility index (Phi) is 8.20. The van der Waals surface area contributed by atoms with Gasteiger partial charge in [0, 0.05) is 26.1 Å². The molecule has 168 valence electrons. The largest absolute Gasteiger partial charge is 0.493 e. The zero-order valence-electron chi connectivity index (χ0n) is 17.8. The van der Waals surface area contributed by atoms with Gasteiger partial charge in [0.05, 0.1) is 33.5 Å². The average Bonchev–Trinajstić information content (AvgIpc) is 2.80. The van der Waals surface area contributed by atoms with Crippen LogP contribution in [0.4, 0.5) is 8.78 Å². The lowest BCUT2D eigenvalue weighted by Crippen LogP contribution is -2.43. The molecule has 0 bridgehead atoms. The first-order valence-electron chi connectivity index (χ1n) is 10.3. The molecule has 0 saturated carbocycles. The number of ether oxygens (including phenoxy) is 3. The highest BCUT2D eigenvalue weighted by Crippen LogP contribution is 2.32. The van der Waals surface area contributed by atoms with Gasteiger partial charge >= 0.3 is 0 Å². The Morgan fingerprint density at radius 2 is 1.81 bits per heavy atom. The number of amides is 1. The Morgan fingerprint density at radius 1 is 1.06 bits per heavy atom. The van der Waals surface area contributed by atoms with Gasteiger partial charge in [0.25, 0.3) is 0 Å². The van der Waals surface area contributed by atoms with E-state index in [1.54, 1.807) is 14.2 Å². The van der Waals surface area contributed by atoms with Gasteiger partial charge in [-0.15, -0.1) is 0 Å². The fourth-order valence-corrected chi connectivity index (χ4v) is 3.66. The molecule has 1 N–H and O–H groups in total. The van der Waals surface area contributed by atoms with Crippen LogP contribution in [0.3, 0.4) is 0 Å². The van der Waals surface area contributed by atoms with Gasteiger partial charge in [0.1, 0.15) is 0 Å². The summed E-state index contributed by atoms with van der Waals surface area (Å²) in [6.45, 7) is 3.18. The third kappa shape index (κ3) is 6.15. The molecular formula is C23H28F2N2O4. The van der Waals surface area contributed by atoms with E-state index in [9.17, 15) is 13.6 Å². The lowest BCUT2D eigenvalue weighted by Gasteiger charge is -2.35. The number of benzene rings is 2. The molecule has 1 unspecified atom stereocenters. The van der Waals surface area contributed by atoms with Gasteiger partial charge in [-0.05, 0) is 41.8 Å². The topological polar surface area (TPSA) is 60.0 Å². The minimum atomic E-state index is -0.904. The summed E-state index contributed by atoms with van der Waals surface area (Å²) in [7, 11) is 3.18. The van der Waals surface area contributed by atoms with Crippen molar-refractivity contribution < 1.29 is 27.8 Å². The van der Waals surface area contributed by atoms with Crippen molar-refractivity contribution in [3.05, 3.63) is 59.2 Å². The van der Waals surface area contributed by atoms with E-state index in [4.69, 9.17) is 14.2 Å². The second kappa shape index (κ2) is 11.1. The Labute approximate surface area is 181 Å². The molecule has 1 amide bonds. The fraction of sp³-hybridized carbons (Fsp3) is 0.435. The van der Waals surface area contributed by atoms with Gasteiger partial charge in [-0.1, -0.05) is 12.1 Å². The third-order valence-corrected chi connectivity index (χ3v) is 5.40. The molecule has 1 heterocycles. The van der Waals surface area contributed by atoms with Crippen molar-refractivity contribution in [2.45, 2.75) is 18.9 Å². The minimum Gasteiger partial charge on any atom is -0.493 e. The normalized spacial score (nSPS) is 15.4. The molecule has 8 heteroatoms. The number of methoxy groups -OCH3 is 2. The van der Waals surface area contributed by atoms with Gasteiger partial charge in [-0.3, -0.25) is 9.69 Å². The first-order chi connectivity index (χ1) is 15.0. The summed E-state index contributed by atoms with van der Waals surface area (Å²) in [5.41, 5.74) is 1.58. The zero-order valence-corrected chi connectivity index (χ0v) is 17.8. The molecular weight excluding hydrogens is 406 g/mol. The summed E-state index contributed by atoms with van der Waals surface area (Å²) >= 11 is 0. The summed E-state index contributed by atoms with van der Waals surface area (Å²) in [5, 5.41) is 2.98. The molecule has 0 radical (unpaired) electrons. The third-order valence-electron chi connectivity index (χ3n) is 5.40. The average molecular weight is 434 g/mol. The molecule has 1 fully saturated rings. The molecule has 1 aliphatic rings. The van der Waals surface area contributed by atoms with E-state index in [1.807, 2.05) is 18.2 Å². The number of nitrogens with one attached hydrogen (secondary N) is 1. The van der Waals surface area contributed by atoms with Gasteiger partial charge in [-0.25, -0.2) is 8.78 Å². The number of carbonyl (C=O) groups excluding carboxylic acids is 1. The van der Waals surface area contributed by atoms with E-state index in [-0.39, 0.29) is 18.4 Å². The summed E-state index contributed by atoms with van der Waals surface area (Å²) < 4.78 is 42.6. The standard InChI is InChI=1S/C23H28F2N2O4/c1-29-21-7-5-17(14-22(21)30-2)20(27-9-11-31-12-10-27)15-26-23(28)8-4-16-3-6-18(24)19(25)13-16/h3,5-7,13-14,20H,4,8-12,15H2,1-2H3,(H,26,28). The number of aryl methyl sites for hydroxylation is 1. The zero-order chi connectivity index (χ0) is 22.2. The maximum atomic E-state index is 13.4. The van der Waals surface area contributed by atoms with Crippen LogP contribution in [0.5, 0.6) is 11.5 Å². The van der Waals surface area contributed by atoms with Crippen LogP contribution in [-0.4, -0.2) is 57.9 Å². The van der Waals surface area contributed by atoms with Crippen molar-refractivity contribution in [2.24, 2.45) is 0 Å². The predicted molar refractivity (Wildman–Crippen MR) is 112 cm³/mol. The second-order valence-electron chi connectivity index (χ2n) is 7.33. The highest BCUT2D eigenvalue weighted by molar-refractivity contribution is 5.76. The SMILES string of the molecule is COc1ccc(C(CNC(=O)CCc2ccc(F)c(F)c2)N2CCOCC2)cc1OC. The minimum absolute atomic E-state index is 0.0593. The monoisotopic (exact) mass is 434 g/mol. The maximum absolute atomic E-state index is 13.4. The molecule has 0 aliphatic carbocycles. The van der Waals surface area contributed by atoms with E-state index < -0.39 is 11.6 Å². The number of hydrogen-bond donors (Lipinski definition) is 1. The number of hydrogen-bond acceptors (Lipinski definition) is 5. The van der Waals surface area contributed by atoms with E-state index in [0.29, 0.717) is 43.2 Å². The molecule has 31 heavy (non-hydrogen) atoms. The van der Waals surface area contributed by atoms with Crippen LogP contribution in [0.25, 0.3) is 0 Å². The maximum Gasteiger partial charge on any atom is 0.220 e. The molecule has 1 saturated heterocycles. The van der Waals surface area contributed by atoms with Crippen LogP contribution in [0, 0.1) is 11.6 Å². The number of rotatable bonds is 9. The van der Waals surface area contributed by atoms with E-state index in [1.165, 1.54) is 6.07 Å². The van der Waals surface area contributed by atoms with Crippen molar-refractivity contribution in [3.63, 3.8) is 0 Å². The summed E-state index contributed by atoms with van der Waals surface area (Å²) in [6.07, 6.45) is 0.522. The Morgan fingerprint density at radius 3 is 2.48 bits per heavy atom. The lowest BCUT2D eigenvalue weighted by atomic mass is 10.0. The van der Waals surface area contributed by atoms with Crippen molar-refractivity contribution >= 4 is 5.91 Å². The molecule has 1 atom stereocenters. The van der Waals surface area contributed by atoms with E-state index in [2.05, 4.69) is 10.2 Å². The number of carbonyl (C=O) groups is 1. The van der Waals surface area contributed by atoms with Gasteiger partial charge in [-0.2, -0.15) is 0 Å². The Balaban J connectivity index is 1.65. The summed E-state index contributed by atoms with van der Waals surface area (Å²) in [5.74, 6) is -0.677. The predicted octanol–water partition coefficient (Wildman–Crippen LogP) is 3.10. The summed E-state index contributed by atoms with van der Waals surface area (Å²) in [4.78, 5) is 14.7. The highest BCUT2D eigenvalue weighted by Gasteiger charge is 2.24. The molecule has 0 aromatic heterocycles. The van der Waals surface area contributed by atoms with Crippen LogP contribution in [0.1, 0.15) is 23.6 Å². The first kappa shape index (κ1) is 23.0. The lowest BCUT2D eigenvalue weighted by molar-refractivity contribution is -0.121. The van der Waals surface area contributed by atoms with E-state index in [0.717, 1.165) is 30.8 Å². The number of morpholine rings is 1. The van der Waals surface area contributed by atoms with Crippen LogP contribution < -0.4 is 14.8 Å². The number of nitrogens with zero attached hydrogens (tertiary/aromatic N) is 1. The fourth-order valence-electron chi connectivity index (χ4n) is 3.66. The molecule has 0 spiro atoms. The molecule has 2 aromatic rings. The van der Waals surface area contributed by atoms with Crippen LogP contribution in [-0.2, 0) is 16.0 Å². The van der Waals surface area contributed by atoms with Gasteiger partial charge in [0.15, 0.2) is 23.1 Å². The number of halogens is 2. The van der Waals surface area contributed by atoms with Crippen molar-refractivity contribution in [2.75, 3.05) is 47.1 Å². The first-order valence-corrected chi connectivity index (χ1v) is 10.3. The quantitative estimate of drug-likeness (QED) is 0.657. The van der Waals surface area contributed by atoms with Crippen LogP contribution >= 0.6 is 0 Å². The van der Waals surface area contributed by atoms with Crippen molar-refractivity contribution in [1.82, 2.24) is 10.2 Å². The van der Waals surface area contributed by atoms with Crippen molar-refractivity contribution in [3.8, 4) is 11.5 Å². The molecule has 2 aromatic carbocycles. The van der Waals surface area contributed by atoms with Gasteiger partial charge < -0.3 is 19.5 Å². The molecule has 6 nitrogen and oxygen atoms in total. The van der Waals surface area contributed by atoms with Crippen LogP contribution in [0.15, 0.2) is 36.4 Å². The Bertz CT molecular complexity index is 888. The van der Waals surface area contributed by atoms with E-state index >= 15 is 0 Å². The summed E-state index contributed by atoms with van der Waals surface area (Å²) in [6, 6.07) is 9.38. The van der Waals surface area contributed by atoms with Crippen LogP contribution in [0.2, 0.25) is 0 Å². The second-order valence-corrected chi connectivity index (χ2v) is 7.33. The smallest absolute Gasteiger partial charge is 0.220 e. The molecule has 3 rings (SSSR count). The van der Waals surface area contributed by atoms with Crippen molar-refractivity contribution in [1.29, 1.82) is 0 Å². The molecule has 1 aliphatic heterocycles. The highest BCUT2D eigenvalue weighted by atomic mass is 19.2. The Hall–Kier alpha value is -2.71.